The van der Waals surface area contributed by atoms with Gasteiger partial charge >= 0.3 is 0 Å². The summed E-state index contributed by atoms with van der Waals surface area (Å²) in [6, 6.07) is 16.0. The molecule has 1 heterocycles. The lowest BCUT2D eigenvalue weighted by molar-refractivity contribution is 0.414. The number of tetrazole rings is 1. The Hall–Kier alpha value is -2.89. The minimum atomic E-state index is -0.404. The summed E-state index contributed by atoms with van der Waals surface area (Å²) in [5.41, 5.74) is 2.76. The van der Waals surface area contributed by atoms with Crippen LogP contribution < -0.4 is 10.1 Å². The molecule has 0 radical (unpaired) electrons. The van der Waals surface area contributed by atoms with E-state index in [4.69, 9.17) is 4.74 Å². The molecule has 0 spiro atoms. The fourth-order valence-corrected chi connectivity index (χ4v) is 2.69. The molecule has 3 aromatic rings. The van der Waals surface area contributed by atoms with Crippen molar-refractivity contribution in [3.8, 4) is 11.4 Å². The van der Waals surface area contributed by atoms with Gasteiger partial charge in [0.15, 0.2) is 5.82 Å². The SMILES string of the molecule is CC[C@](C)(Nc1ccc(C)cc1)c1nnnn1-c1ccc(OC)cc1. The number of nitrogens with one attached hydrogen (secondary N) is 1. The maximum atomic E-state index is 5.22. The Morgan fingerprint density at radius 1 is 1.08 bits per heavy atom. The zero-order valence-corrected chi connectivity index (χ0v) is 15.0. The predicted molar refractivity (Wildman–Crippen MR) is 98.2 cm³/mol. The molecule has 3 rings (SSSR count). The second-order valence-electron chi connectivity index (χ2n) is 6.29. The smallest absolute Gasteiger partial charge is 0.181 e. The monoisotopic (exact) mass is 337 g/mol. The molecule has 0 saturated carbocycles. The summed E-state index contributed by atoms with van der Waals surface area (Å²) >= 11 is 0. The lowest BCUT2D eigenvalue weighted by atomic mass is 9.96. The Balaban J connectivity index is 1.95. The lowest BCUT2D eigenvalue weighted by Gasteiger charge is -2.29. The van der Waals surface area contributed by atoms with Gasteiger partial charge in [-0.3, -0.25) is 0 Å². The van der Waals surface area contributed by atoms with Crippen molar-refractivity contribution in [1.29, 1.82) is 0 Å². The molecular weight excluding hydrogens is 314 g/mol. The molecule has 0 aliphatic carbocycles. The van der Waals surface area contributed by atoms with Crippen molar-refractivity contribution < 1.29 is 4.74 Å². The fourth-order valence-electron chi connectivity index (χ4n) is 2.69. The number of aromatic nitrogens is 4. The molecule has 1 aromatic heterocycles. The van der Waals surface area contributed by atoms with Gasteiger partial charge < -0.3 is 10.1 Å². The van der Waals surface area contributed by atoms with Gasteiger partial charge in [0.05, 0.1) is 18.3 Å². The van der Waals surface area contributed by atoms with Gasteiger partial charge in [-0.25, -0.2) is 0 Å². The number of aryl methyl sites for hydroxylation is 1. The molecule has 0 fully saturated rings. The molecule has 0 aliphatic heterocycles. The minimum absolute atomic E-state index is 0.404. The third kappa shape index (κ3) is 3.47. The van der Waals surface area contributed by atoms with Gasteiger partial charge in [0.25, 0.3) is 0 Å². The maximum Gasteiger partial charge on any atom is 0.181 e. The van der Waals surface area contributed by atoms with Crippen LogP contribution in [0.3, 0.4) is 0 Å². The van der Waals surface area contributed by atoms with Gasteiger partial charge in [-0.2, -0.15) is 4.68 Å². The van der Waals surface area contributed by atoms with Gasteiger partial charge in [0, 0.05) is 5.69 Å². The maximum absolute atomic E-state index is 5.22. The number of benzene rings is 2. The van der Waals surface area contributed by atoms with Crippen molar-refractivity contribution in [2.75, 3.05) is 12.4 Å². The van der Waals surface area contributed by atoms with Gasteiger partial charge in [-0.1, -0.05) is 24.6 Å². The first-order chi connectivity index (χ1) is 12.1. The molecule has 0 unspecified atom stereocenters. The molecule has 6 nitrogen and oxygen atoms in total. The summed E-state index contributed by atoms with van der Waals surface area (Å²) in [6.07, 6.45) is 0.831. The largest absolute Gasteiger partial charge is 0.497 e. The van der Waals surface area contributed by atoms with Crippen molar-refractivity contribution in [2.24, 2.45) is 0 Å². The molecule has 0 bridgehead atoms. The van der Waals surface area contributed by atoms with E-state index in [1.165, 1.54) is 5.56 Å². The highest BCUT2D eigenvalue weighted by Gasteiger charge is 2.31. The van der Waals surface area contributed by atoms with Crippen LogP contribution in [0.4, 0.5) is 5.69 Å². The molecule has 2 aromatic carbocycles. The van der Waals surface area contributed by atoms with Crippen LogP contribution in [0.15, 0.2) is 48.5 Å². The third-order valence-corrected chi connectivity index (χ3v) is 4.46. The number of nitrogens with zero attached hydrogens (tertiary/aromatic N) is 4. The van der Waals surface area contributed by atoms with Gasteiger partial charge in [0.2, 0.25) is 0 Å². The van der Waals surface area contributed by atoms with E-state index in [9.17, 15) is 0 Å². The van der Waals surface area contributed by atoms with Crippen molar-refractivity contribution in [1.82, 2.24) is 20.2 Å². The van der Waals surface area contributed by atoms with E-state index in [0.29, 0.717) is 0 Å². The number of hydrogen-bond acceptors (Lipinski definition) is 5. The van der Waals surface area contributed by atoms with E-state index in [-0.39, 0.29) is 0 Å². The van der Waals surface area contributed by atoms with Crippen LogP contribution in [0.25, 0.3) is 5.69 Å². The molecule has 0 aliphatic rings. The summed E-state index contributed by atoms with van der Waals surface area (Å²) in [5.74, 6) is 1.56. The molecule has 6 heteroatoms. The highest BCUT2D eigenvalue weighted by atomic mass is 16.5. The zero-order valence-electron chi connectivity index (χ0n) is 15.0. The molecule has 25 heavy (non-hydrogen) atoms. The van der Waals surface area contributed by atoms with E-state index < -0.39 is 5.54 Å². The summed E-state index contributed by atoms with van der Waals surface area (Å²) < 4.78 is 6.99. The number of hydrogen-bond donors (Lipinski definition) is 1. The van der Waals surface area contributed by atoms with Crippen LogP contribution >= 0.6 is 0 Å². The minimum Gasteiger partial charge on any atom is -0.497 e. The van der Waals surface area contributed by atoms with Crippen LogP contribution in [0.1, 0.15) is 31.7 Å². The number of ether oxygens (including phenoxy) is 1. The van der Waals surface area contributed by atoms with Crippen molar-refractivity contribution in [3.63, 3.8) is 0 Å². The summed E-state index contributed by atoms with van der Waals surface area (Å²) in [5, 5.41) is 16.0. The predicted octanol–water partition coefficient (Wildman–Crippen LogP) is 3.72. The number of rotatable bonds is 6. The van der Waals surface area contributed by atoms with Gasteiger partial charge in [-0.05, 0) is 67.1 Å². The summed E-state index contributed by atoms with van der Waals surface area (Å²) in [4.78, 5) is 0. The Morgan fingerprint density at radius 3 is 2.36 bits per heavy atom. The first kappa shape index (κ1) is 17.0. The van der Waals surface area contributed by atoms with Crippen molar-refractivity contribution >= 4 is 5.69 Å². The van der Waals surface area contributed by atoms with E-state index in [1.807, 2.05) is 24.3 Å². The van der Waals surface area contributed by atoms with E-state index >= 15 is 0 Å². The Kier molecular flexibility index (Phi) is 4.70. The molecule has 0 amide bonds. The highest BCUT2D eigenvalue weighted by Crippen LogP contribution is 2.29. The van der Waals surface area contributed by atoms with E-state index in [1.54, 1.807) is 11.8 Å². The third-order valence-electron chi connectivity index (χ3n) is 4.46. The zero-order chi connectivity index (χ0) is 17.9. The average Bonchev–Trinajstić information content (AvgIpc) is 3.14. The molecule has 0 saturated heterocycles. The first-order valence-electron chi connectivity index (χ1n) is 8.34. The quantitative estimate of drug-likeness (QED) is 0.743. The Labute approximate surface area is 147 Å². The fraction of sp³-hybridized carbons (Fsp3) is 0.316. The second-order valence-corrected chi connectivity index (χ2v) is 6.29. The van der Waals surface area contributed by atoms with Crippen LogP contribution in [-0.4, -0.2) is 27.3 Å². The summed E-state index contributed by atoms with van der Waals surface area (Å²) in [6.45, 7) is 6.31. The van der Waals surface area contributed by atoms with Crippen molar-refractivity contribution in [2.45, 2.75) is 32.7 Å². The Bertz CT molecular complexity index is 826. The second kappa shape index (κ2) is 6.93. The Morgan fingerprint density at radius 2 is 1.76 bits per heavy atom. The number of methoxy groups -OCH3 is 1. The summed E-state index contributed by atoms with van der Waals surface area (Å²) in [7, 11) is 1.65. The van der Waals surface area contributed by atoms with Crippen LogP contribution in [-0.2, 0) is 5.54 Å². The first-order valence-corrected chi connectivity index (χ1v) is 8.34. The van der Waals surface area contributed by atoms with Gasteiger partial charge in [-0.15, -0.1) is 5.10 Å². The standard InChI is InChI=1S/C19H23N5O/c1-5-19(3,20-15-8-6-14(2)7-9-15)18-21-22-23-24(18)16-10-12-17(25-4)13-11-16/h6-13,20H,5H2,1-4H3/t19-/m0/s1. The van der Waals surface area contributed by atoms with Crippen molar-refractivity contribution in [3.05, 3.63) is 59.9 Å². The molecule has 1 atom stereocenters. The van der Waals surface area contributed by atoms with Gasteiger partial charge in [0.1, 0.15) is 5.75 Å². The lowest BCUT2D eigenvalue weighted by Crippen LogP contribution is -2.34. The van der Waals surface area contributed by atoms with Crippen LogP contribution in [0.2, 0.25) is 0 Å². The van der Waals surface area contributed by atoms with Crippen LogP contribution in [0, 0.1) is 6.92 Å². The highest BCUT2D eigenvalue weighted by molar-refractivity contribution is 5.48. The average molecular weight is 337 g/mol. The van der Waals surface area contributed by atoms with E-state index in [0.717, 1.165) is 29.4 Å². The normalized spacial score (nSPS) is 13.3. The molecule has 130 valence electrons. The number of anilines is 1. The molecular formula is C19H23N5O. The molecule has 1 N–H and O–H groups in total. The topological polar surface area (TPSA) is 64.9 Å². The van der Waals surface area contributed by atoms with Crippen LogP contribution in [0.5, 0.6) is 5.75 Å². The van der Waals surface area contributed by atoms with E-state index in [2.05, 4.69) is 65.9 Å².